The molecule has 1 N–H and O–H groups in total. The Labute approximate surface area is 200 Å². The lowest BCUT2D eigenvalue weighted by Crippen LogP contribution is -2.41. The fraction of sp³-hybridized carbons (Fsp3) is 0.200. The maximum atomic E-state index is 13.0. The van der Waals surface area contributed by atoms with E-state index in [1.165, 1.54) is 0 Å². The van der Waals surface area contributed by atoms with Crippen molar-refractivity contribution >= 4 is 50.8 Å². The van der Waals surface area contributed by atoms with Crippen molar-refractivity contribution in [1.82, 2.24) is 14.9 Å². The highest BCUT2D eigenvalue weighted by Gasteiger charge is 2.36. The molecule has 8 heteroatoms. The van der Waals surface area contributed by atoms with Crippen LogP contribution in [0.3, 0.4) is 0 Å². The number of pyridine rings is 1. The summed E-state index contributed by atoms with van der Waals surface area (Å²) in [6, 6.07) is 19.1. The number of benzene rings is 2. The molecule has 0 bridgehead atoms. The topological polar surface area (TPSA) is 75.2 Å². The second kappa shape index (κ2) is 9.72. The summed E-state index contributed by atoms with van der Waals surface area (Å²) in [7, 11) is 0. The van der Waals surface area contributed by atoms with Crippen LogP contribution in [0.25, 0.3) is 10.2 Å². The zero-order chi connectivity index (χ0) is 22.6. The predicted octanol–water partition coefficient (Wildman–Crippen LogP) is 5.11. The zero-order valence-electron chi connectivity index (χ0n) is 17.8. The van der Waals surface area contributed by atoms with Gasteiger partial charge in [0.15, 0.2) is 4.34 Å². The fourth-order valence-corrected chi connectivity index (χ4v) is 5.92. The number of fused-ring (bicyclic) bond motifs is 1. The molecule has 3 heterocycles. The fourth-order valence-electron chi connectivity index (χ4n) is 3.88. The number of amides is 2. The molecule has 2 amide bonds. The molecule has 166 valence electrons. The largest absolute Gasteiger partial charge is 0.326 e. The van der Waals surface area contributed by atoms with E-state index in [2.05, 4.69) is 21.4 Å². The standard InChI is InChI=1S/C25H22N4O2S2/c30-23-11-10-21(29(23)15-17-5-2-1-3-6-17)24(31)27-19-8-9-20-22(13-19)33-25(28-20)32-16-18-7-4-12-26-14-18/h1-9,12-14,21H,10-11,15-16H2,(H,27,31). The van der Waals surface area contributed by atoms with Gasteiger partial charge in [0.1, 0.15) is 6.04 Å². The highest BCUT2D eigenvalue weighted by Crippen LogP contribution is 2.33. The van der Waals surface area contributed by atoms with E-state index in [1.54, 1.807) is 34.2 Å². The van der Waals surface area contributed by atoms with E-state index >= 15 is 0 Å². The summed E-state index contributed by atoms with van der Waals surface area (Å²) in [4.78, 5) is 36.0. The third kappa shape index (κ3) is 5.07. The molecule has 1 unspecified atom stereocenters. The van der Waals surface area contributed by atoms with Gasteiger partial charge in [0, 0.05) is 36.8 Å². The summed E-state index contributed by atoms with van der Waals surface area (Å²) < 4.78 is 2.00. The number of nitrogens with one attached hydrogen (secondary N) is 1. The third-order valence-corrected chi connectivity index (χ3v) is 7.78. The number of anilines is 1. The van der Waals surface area contributed by atoms with Crippen LogP contribution in [0.5, 0.6) is 0 Å². The van der Waals surface area contributed by atoms with Crippen LogP contribution in [0.1, 0.15) is 24.0 Å². The van der Waals surface area contributed by atoms with Crippen molar-refractivity contribution in [2.24, 2.45) is 0 Å². The molecule has 2 aromatic carbocycles. The molecule has 0 spiro atoms. The summed E-state index contributed by atoms with van der Waals surface area (Å²) in [6.45, 7) is 0.448. The molecule has 4 aromatic rings. The van der Waals surface area contributed by atoms with Crippen LogP contribution in [-0.2, 0) is 21.9 Å². The summed E-state index contributed by atoms with van der Waals surface area (Å²) in [5.41, 5.74) is 3.81. The van der Waals surface area contributed by atoms with Gasteiger partial charge in [-0.1, -0.05) is 48.2 Å². The lowest BCUT2D eigenvalue weighted by atomic mass is 10.1. The minimum Gasteiger partial charge on any atom is -0.326 e. The van der Waals surface area contributed by atoms with Crippen LogP contribution >= 0.6 is 23.1 Å². The van der Waals surface area contributed by atoms with Crippen molar-refractivity contribution in [2.45, 2.75) is 35.5 Å². The van der Waals surface area contributed by atoms with Gasteiger partial charge in [0.25, 0.3) is 0 Å². The molecule has 0 saturated carbocycles. The number of likely N-dealkylation sites (tertiary alicyclic amines) is 1. The zero-order valence-corrected chi connectivity index (χ0v) is 19.4. The Morgan fingerprint density at radius 2 is 1.97 bits per heavy atom. The van der Waals surface area contributed by atoms with Gasteiger partial charge in [0.2, 0.25) is 11.8 Å². The van der Waals surface area contributed by atoms with E-state index in [1.807, 2.05) is 60.8 Å². The van der Waals surface area contributed by atoms with Crippen molar-refractivity contribution in [3.05, 3.63) is 84.2 Å². The maximum Gasteiger partial charge on any atom is 0.247 e. The number of hydrogen-bond acceptors (Lipinski definition) is 6. The molecule has 0 radical (unpaired) electrons. The second-order valence-electron chi connectivity index (χ2n) is 7.86. The molecular formula is C25H22N4O2S2. The van der Waals surface area contributed by atoms with Crippen molar-refractivity contribution < 1.29 is 9.59 Å². The van der Waals surface area contributed by atoms with E-state index in [0.29, 0.717) is 19.4 Å². The van der Waals surface area contributed by atoms with Gasteiger partial charge in [-0.3, -0.25) is 14.6 Å². The van der Waals surface area contributed by atoms with Gasteiger partial charge in [0.05, 0.1) is 10.2 Å². The molecule has 2 aromatic heterocycles. The van der Waals surface area contributed by atoms with E-state index in [-0.39, 0.29) is 11.8 Å². The lowest BCUT2D eigenvalue weighted by Gasteiger charge is -2.24. The SMILES string of the molecule is O=C(Nc1ccc2nc(SCc3cccnc3)sc2c1)C1CCC(=O)N1Cc1ccccc1. The number of carbonyl (C=O) groups is 2. The van der Waals surface area contributed by atoms with E-state index in [0.717, 1.165) is 37.1 Å². The molecule has 1 aliphatic heterocycles. The average Bonchev–Trinajstić information content (AvgIpc) is 3.42. The lowest BCUT2D eigenvalue weighted by molar-refractivity contribution is -0.133. The van der Waals surface area contributed by atoms with Crippen LogP contribution in [0.2, 0.25) is 0 Å². The van der Waals surface area contributed by atoms with E-state index < -0.39 is 6.04 Å². The van der Waals surface area contributed by atoms with Crippen LogP contribution in [0, 0.1) is 0 Å². The van der Waals surface area contributed by atoms with Crippen LogP contribution in [0.15, 0.2) is 77.4 Å². The molecule has 5 rings (SSSR count). The Kier molecular flexibility index (Phi) is 6.37. The molecular weight excluding hydrogens is 452 g/mol. The first-order valence-corrected chi connectivity index (χ1v) is 12.5. The minimum absolute atomic E-state index is 0.0206. The normalized spacial score (nSPS) is 15.8. The van der Waals surface area contributed by atoms with Crippen molar-refractivity contribution in [3.63, 3.8) is 0 Å². The van der Waals surface area contributed by atoms with Crippen LogP contribution < -0.4 is 5.32 Å². The summed E-state index contributed by atoms with van der Waals surface area (Å²) in [5, 5.41) is 3.01. The predicted molar refractivity (Wildman–Crippen MR) is 132 cm³/mol. The van der Waals surface area contributed by atoms with Crippen molar-refractivity contribution in [3.8, 4) is 0 Å². The van der Waals surface area contributed by atoms with Gasteiger partial charge in [-0.05, 0) is 41.8 Å². The molecule has 1 atom stereocenters. The summed E-state index contributed by atoms with van der Waals surface area (Å²) in [5.74, 6) is 0.684. The number of carbonyl (C=O) groups excluding carboxylic acids is 2. The molecule has 1 saturated heterocycles. The number of aromatic nitrogens is 2. The van der Waals surface area contributed by atoms with E-state index in [4.69, 9.17) is 0 Å². The van der Waals surface area contributed by atoms with Crippen molar-refractivity contribution in [1.29, 1.82) is 0 Å². The van der Waals surface area contributed by atoms with Gasteiger partial charge >= 0.3 is 0 Å². The first kappa shape index (κ1) is 21.6. The van der Waals surface area contributed by atoms with E-state index in [9.17, 15) is 9.59 Å². The van der Waals surface area contributed by atoms with Crippen molar-refractivity contribution in [2.75, 3.05) is 5.32 Å². The average molecular weight is 475 g/mol. The highest BCUT2D eigenvalue weighted by atomic mass is 32.2. The maximum absolute atomic E-state index is 13.0. The summed E-state index contributed by atoms with van der Waals surface area (Å²) >= 11 is 3.29. The third-order valence-electron chi connectivity index (χ3n) is 5.55. The first-order chi connectivity index (χ1) is 16.2. The molecule has 33 heavy (non-hydrogen) atoms. The molecule has 0 aliphatic carbocycles. The Morgan fingerprint density at radius 3 is 2.79 bits per heavy atom. The van der Waals surface area contributed by atoms with Crippen LogP contribution in [0.4, 0.5) is 5.69 Å². The second-order valence-corrected chi connectivity index (χ2v) is 10.1. The monoisotopic (exact) mass is 474 g/mol. The molecule has 1 aliphatic rings. The summed E-state index contributed by atoms with van der Waals surface area (Å²) in [6.07, 6.45) is 4.57. The Balaban J connectivity index is 1.26. The molecule has 1 fully saturated rings. The first-order valence-electron chi connectivity index (χ1n) is 10.7. The minimum atomic E-state index is -0.458. The highest BCUT2D eigenvalue weighted by molar-refractivity contribution is 8.00. The Bertz CT molecular complexity index is 1280. The number of nitrogens with zero attached hydrogens (tertiary/aromatic N) is 3. The number of rotatable bonds is 7. The van der Waals surface area contributed by atoms with Gasteiger partial charge in [-0.25, -0.2) is 4.98 Å². The smallest absolute Gasteiger partial charge is 0.247 e. The van der Waals surface area contributed by atoms with Gasteiger partial charge < -0.3 is 10.2 Å². The number of thioether (sulfide) groups is 1. The number of hydrogen-bond donors (Lipinski definition) is 1. The molecule has 6 nitrogen and oxygen atoms in total. The number of thiazole rings is 1. The van der Waals surface area contributed by atoms with Gasteiger partial charge in [-0.2, -0.15) is 0 Å². The Hall–Kier alpha value is -3.23. The quantitative estimate of drug-likeness (QED) is 0.377. The van der Waals surface area contributed by atoms with Gasteiger partial charge in [-0.15, -0.1) is 11.3 Å². The Morgan fingerprint density at radius 1 is 1.12 bits per heavy atom. The van der Waals surface area contributed by atoms with Crippen LogP contribution in [-0.4, -0.2) is 32.7 Å².